The van der Waals surface area contributed by atoms with E-state index >= 15 is 4.39 Å². The van der Waals surface area contributed by atoms with Gasteiger partial charge in [-0.3, -0.25) is 10.2 Å². The molecule has 0 bridgehead atoms. The minimum absolute atomic E-state index is 0.0617. The molecule has 3 rings (SSSR count). The maximum absolute atomic E-state index is 15.6. The van der Waals surface area contributed by atoms with Crippen LogP contribution in [0.1, 0.15) is 33.0 Å². The van der Waals surface area contributed by atoms with Gasteiger partial charge in [-0.2, -0.15) is 36.5 Å². The highest BCUT2D eigenvalue weighted by molar-refractivity contribution is 6.48. The lowest BCUT2D eigenvalue weighted by atomic mass is 9.89. The van der Waals surface area contributed by atoms with E-state index in [1.807, 2.05) is 0 Å². The fourth-order valence-corrected chi connectivity index (χ4v) is 4.09. The van der Waals surface area contributed by atoms with E-state index in [0.29, 0.717) is 6.07 Å². The van der Waals surface area contributed by atoms with E-state index < -0.39 is 57.8 Å². The van der Waals surface area contributed by atoms with Crippen LogP contribution < -0.4 is 11.3 Å². The second-order valence-corrected chi connectivity index (χ2v) is 8.54. The van der Waals surface area contributed by atoms with Crippen LogP contribution in [0.3, 0.4) is 0 Å². The molecule has 0 saturated carbocycles. The first-order valence-electron chi connectivity index (χ1n) is 9.77. The fraction of sp³-hybridized carbons (Fsp3) is 0.136. The zero-order valence-electron chi connectivity index (χ0n) is 17.9. The standard InChI is InChI=1S/C22H12Cl3F7N4O/c23-14-5-10(6-15(24)19(14)25)13(21(27,28)29)7-16(26)11-1-2-12(20(37)36-33)18(22(30,31)32)17(11)9-3-4-34-35-8-9/h1-8,13H,33H2,(H,36,37). The van der Waals surface area contributed by atoms with Crippen molar-refractivity contribution in [2.75, 3.05) is 0 Å². The number of benzene rings is 2. The topological polar surface area (TPSA) is 80.9 Å². The van der Waals surface area contributed by atoms with E-state index in [-0.39, 0.29) is 26.7 Å². The van der Waals surface area contributed by atoms with E-state index in [0.717, 1.165) is 36.7 Å². The van der Waals surface area contributed by atoms with Crippen LogP contribution in [0.25, 0.3) is 17.0 Å². The van der Waals surface area contributed by atoms with Gasteiger partial charge in [0.25, 0.3) is 5.91 Å². The van der Waals surface area contributed by atoms with Crippen LogP contribution in [0.4, 0.5) is 30.7 Å². The normalized spacial score (nSPS) is 13.4. The quantitative estimate of drug-likeness (QED) is 0.107. The SMILES string of the molecule is NNC(=O)c1ccc(C(F)=CC(c2cc(Cl)c(Cl)c(Cl)c2)C(F)(F)F)c(-c2ccnnc2)c1C(F)(F)F. The lowest BCUT2D eigenvalue weighted by Gasteiger charge is -2.21. The third-order valence-corrected chi connectivity index (χ3v) is 6.22. The predicted molar refractivity (Wildman–Crippen MR) is 123 cm³/mol. The minimum atomic E-state index is -5.27. The number of nitrogen functional groups attached to an aromatic ring is 1. The first kappa shape index (κ1) is 28.6. The van der Waals surface area contributed by atoms with Crippen LogP contribution in [0.15, 0.2) is 48.8 Å². The van der Waals surface area contributed by atoms with Crippen LogP contribution in [-0.2, 0) is 6.18 Å². The summed E-state index contributed by atoms with van der Waals surface area (Å²) in [5.74, 6) is -0.768. The molecular formula is C22H12Cl3F7N4O. The van der Waals surface area contributed by atoms with Gasteiger partial charge < -0.3 is 0 Å². The molecule has 37 heavy (non-hydrogen) atoms. The number of allylic oxidation sites excluding steroid dienone is 1. The lowest BCUT2D eigenvalue weighted by Crippen LogP contribution is -2.32. The summed E-state index contributed by atoms with van der Waals surface area (Å²) in [6.45, 7) is 0. The molecule has 1 heterocycles. The van der Waals surface area contributed by atoms with Crippen LogP contribution in [-0.4, -0.2) is 22.3 Å². The number of hydrogen-bond acceptors (Lipinski definition) is 4. The maximum atomic E-state index is 15.6. The number of nitrogens with two attached hydrogens (primary N) is 1. The number of rotatable bonds is 5. The molecule has 3 N–H and O–H groups in total. The minimum Gasteiger partial charge on any atom is -0.290 e. The Morgan fingerprint density at radius 1 is 0.973 bits per heavy atom. The summed E-state index contributed by atoms with van der Waals surface area (Å²) < 4.78 is 99.9. The number of nitrogens with one attached hydrogen (secondary N) is 1. The van der Waals surface area contributed by atoms with Crippen molar-refractivity contribution in [3.63, 3.8) is 0 Å². The molecule has 0 aliphatic carbocycles. The molecule has 1 amide bonds. The van der Waals surface area contributed by atoms with Crippen molar-refractivity contribution in [3.05, 3.63) is 86.1 Å². The molecule has 2 aromatic carbocycles. The smallest absolute Gasteiger partial charge is 0.290 e. The Morgan fingerprint density at radius 3 is 2.05 bits per heavy atom. The Bertz CT molecular complexity index is 1340. The molecule has 3 aromatic rings. The van der Waals surface area contributed by atoms with Gasteiger partial charge in [-0.1, -0.05) is 40.9 Å². The van der Waals surface area contributed by atoms with Gasteiger partial charge in [0.15, 0.2) is 0 Å². The molecule has 0 aliphatic rings. The molecule has 5 nitrogen and oxygen atoms in total. The molecule has 15 heteroatoms. The molecule has 0 spiro atoms. The number of hydrogen-bond donors (Lipinski definition) is 2. The number of aromatic nitrogens is 2. The number of hydrazine groups is 1. The van der Waals surface area contributed by atoms with Crippen molar-refractivity contribution in [2.24, 2.45) is 5.84 Å². The second kappa shape index (κ2) is 10.8. The van der Waals surface area contributed by atoms with Crippen LogP contribution in [0, 0.1) is 0 Å². The Balaban J connectivity index is 2.36. The van der Waals surface area contributed by atoms with Crippen molar-refractivity contribution in [2.45, 2.75) is 18.3 Å². The van der Waals surface area contributed by atoms with Gasteiger partial charge in [0.05, 0.1) is 38.6 Å². The van der Waals surface area contributed by atoms with Gasteiger partial charge >= 0.3 is 12.4 Å². The highest BCUT2D eigenvalue weighted by atomic mass is 35.5. The zero-order chi connectivity index (χ0) is 27.7. The third kappa shape index (κ3) is 6.15. The van der Waals surface area contributed by atoms with Crippen molar-refractivity contribution in [1.29, 1.82) is 0 Å². The van der Waals surface area contributed by atoms with E-state index in [4.69, 9.17) is 40.6 Å². The van der Waals surface area contributed by atoms with Crippen molar-refractivity contribution < 1.29 is 35.5 Å². The summed E-state index contributed by atoms with van der Waals surface area (Å²) in [7, 11) is 0. The molecule has 0 saturated heterocycles. The third-order valence-electron chi connectivity index (χ3n) is 5.03. The zero-order valence-corrected chi connectivity index (χ0v) is 20.1. The van der Waals surface area contributed by atoms with Gasteiger partial charge in [-0.15, -0.1) is 0 Å². The van der Waals surface area contributed by atoms with Gasteiger partial charge in [0.2, 0.25) is 0 Å². The van der Waals surface area contributed by atoms with Gasteiger partial charge in [0, 0.05) is 16.7 Å². The first-order chi connectivity index (χ1) is 17.2. The Kier molecular flexibility index (Phi) is 8.37. The monoisotopic (exact) mass is 586 g/mol. The Morgan fingerprint density at radius 2 is 1.57 bits per heavy atom. The Labute approximate surface area is 219 Å². The number of amides is 1. The average Bonchev–Trinajstić information content (AvgIpc) is 2.83. The van der Waals surface area contributed by atoms with Crippen LogP contribution in [0.5, 0.6) is 0 Å². The fourth-order valence-electron chi connectivity index (χ4n) is 3.47. The average molecular weight is 588 g/mol. The molecule has 1 atom stereocenters. The molecule has 1 aromatic heterocycles. The number of nitrogens with zero attached hydrogens (tertiary/aromatic N) is 2. The van der Waals surface area contributed by atoms with Crippen LogP contribution in [0.2, 0.25) is 15.1 Å². The molecular weight excluding hydrogens is 576 g/mol. The van der Waals surface area contributed by atoms with Gasteiger partial charge in [-0.25, -0.2) is 10.2 Å². The summed E-state index contributed by atoms with van der Waals surface area (Å²) in [5.41, 5.74) is -3.96. The largest absolute Gasteiger partial charge is 0.417 e. The summed E-state index contributed by atoms with van der Waals surface area (Å²) in [6.07, 6.45) is -8.52. The summed E-state index contributed by atoms with van der Waals surface area (Å²) >= 11 is 17.4. The highest BCUT2D eigenvalue weighted by Gasteiger charge is 2.42. The van der Waals surface area contributed by atoms with E-state index in [9.17, 15) is 31.1 Å². The van der Waals surface area contributed by atoms with Crippen molar-refractivity contribution in [3.8, 4) is 11.1 Å². The van der Waals surface area contributed by atoms with Crippen LogP contribution >= 0.6 is 34.8 Å². The Hall–Kier alpha value is -2.93. The van der Waals surface area contributed by atoms with Crippen molar-refractivity contribution in [1.82, 2.24) is 15.6 Å². The van der Waals surface area contributed by atoms with E-state index in [1.54, 1.807) is 5.43 Å². The predicted octanol–water partition coefficient (Wildman–Crippen LogP) is 7.38. The number of halogens is 10. The molecule has 0 radical (unpaired) electrons. The molecule has 196 valence electrons. The second-order valence-electron chi connectivity index (χ2n) is 7.35. The maximum Gasteiger partial charge on any atom is 0.417 e. The molecule has 0 aliphatic heterocycles. The van der Waals surface area contributed by atoms with Gasteiger partial charge in [-0.05, 0) is 35.9 Å². The number of carbonyl (C=O) groups excluding carboxylic acids is 1. The summed E-state index contributed by atoms with van der Waals surface area (Å²) in [5, 5.41) is 5.93. The summed E-state index contributed by atoms with van der Waals surface area (Å²) in [6, 6.07) is 3.93. The van der Waals surface area contributed by atoms with Crippen molar-refractivity contribution >= 4 is 46.5 Å². The molecule has 1 unspecified atom stereocenters. The molecule has 0 fully saturated rings. The van der Waals surface area contributed by atoms with E-state index in [2.05, 4.69) is 10.2 Å². The first-order valence-corrected chi connectivity index (χ1v) is 10.9. The lowest BCUT2D eigenvalue weighted by molar-refractivity contribution is -0.140. The van der Waals surface area contributed by atoms with Gasteiger partial charge in [0.1, 0.15) is 11.7 Å². The van der Waals surface area contributed by atoms with E-state index in [1.165, 1.54) is 0 Å². The number of carbonyl (C=O) groups is 1. The highest BCUT2D eigenvalue weighted by Crippen LogP contribution is 2.46. The summed E-state index contributed by atoms with van der Waals surface area (Å²) in [4.78, 5) is 12.1. The number of alkyl halides is 6.